The van der Waals surface area contributed by atoms with Crippen LogP contribution in [0.15, 0.2) is 97.6 Å². The van der Waals surface area contributed by atoms with E-state index in [9.17, 15) is 39.3 Å². The maximum absolute atomic E-state index is 13.0. The second-order valence-electron chi connectivity index (χ2n) is 14.3. The van der Waals surface area contributed by atoms with Crippen LogP contribution in [0, 0.1) is 0 Å². The molecule has 0 radical (unpaired) electrons. The van der Waals surface area contributed by atoms with Crippen molar-refractivity contribution in [3.63, 3.8) is 0 Å². The van der Waals surface area contributed by atoms with E-state index in [1.165, 1.54) is 14.7 Å². The first-order valence-electron chi connectivity index (χ1n) is 19.9. The lowest BCUT2D eigenvalue weighted by atomic mass is 10.3. The van der Waals surface area contributed by atoms with Gasteiger partial charge < -0.3 is 26.0 Å². The van der Waals surface area contributed by atoms with E-state index in [2.05, 4.69) is 40.4 Å². The number of amides is 2. The molecule has 0 saturated heterocycles. The van der Waals surface area contributed by atoms with Crippen LogP contribution in [0.2, 0.25) is 0 Å². The third-order valence-electron chi connectivity index (χ3n) is 9.22. The van der Waals surface area contributed by atoms with Gasteiger partial charge in [0.25, 0.3) is 0 Å². The van der Waals surface area contributed by atoms with Crippen LogP contribution in [-0.4, -0.2) is 175 Å². The Bertz CT molecular complexity index is 1700. The number of aromatic nitrogens is 4. The summed E-state index contributed by atoms with van der Waals surface area (Å²) in [6.07, 6.45) is 6.85. The fraction of sp³-hybridized carbons (Fsp3) is 0.405. The van der Waals surface area contributed by atoms with Crippen LogP contribution >= 0.6 is 0 Å². The molecule has 0 aliphatic heterocycles. The average Bonchev–Trinajstić information content (AvgIpc) is 3.22. The van der Waals surface area contributed by atoms with Crippen LogP contribution in [0.3, 0.4) is 0 Å². The van der Waals surface area contributed by atoms with E-state index in [4.69, 9.17) is 0 Å². The Balaban J connectivity index is 1.27. The molecular weight excluding hydrogens is 787 g/mol. The zero-order valence-electron chi connectivity index (χ0n) is 34.2. The standard InChI is InChI=1S/C42H55N11O8/c54-38(47-17-19-50(25-34-9-1-5-13-43-34)26-35-10-2-6-14-44-35)29-52(32-41(58)59)23-21-49(31-40(56)57)22-24-53(33-42(60)61)30-39(55)48-18-20-51(27-36-11-3-7-15-45-36)28-37-12-4-8-16-46-37/h1-16H,17-33H2,(H,47,54)(H,48,55)(H,56,57)(H,58,59)(H,60,61). The molecule has 4 aromatic heterocycles. The van der Waals surface area contributed by atoms with Gasteiger partial charge in [-0.25, -0.2) is 0 Å². The first-order chi connectivity index (χ1) is 29.5. The fourth-order valence-corrected chi connectivity index (χ4v) is 6.37. The molecule has 19 heteroatoms. The first kappa shape index (κ1) is 47.4. The van der Waals surface area contributed by atoms with E-state index in [0.717, 1.165) is 22.8 Å². The number of rotatable bonds is 30. The molecule has 326 valence electrons. The highest BCUT2D eigenvalue weighted by Gasteiger charge is 2.20. The van der Waals surface area contributed by atoms with Gasteiger partial charge in [-0.3, -0.25) is 68.4 Å². The van der Waals surface area contributed by atoms with Crippen molar-refractivity contribution in [2.75, 3.05) is 85.1 Å². The highest BCUT2D eigenvalue weighted by Crippen LogP contribution is 2.08. The van der Waals surface area contributed by atoms with Crippen LogP contribution in [0.25, 0.3) is 0 Å². The number of hydrogen-bond donors (Lipinski definition) is 5. The molecule has 0 aliphatic rings. The summed E-state index contributed by atoms with van der Waals surface area (Å²) in [4.78, 5) is 87.5. The van der Waals surface area contributed by atoms with Gasteiger partial charge in [0.05, 0.1) is 55.5 Å². The summed E-state index contributed by atoms with van der Waals surface area (Å²) in [6.45, 7) is 1.87. The number of pyridine rings is 4. The van der Waals surface area contributed by atoms with Crippen LogP contribution < -0.4 is 10.6 Å². The van der Waals surface area contributed by atoms with Gasteiger partial charge in [-0.05, 0) is 48.5 Å². The minimum atomic E-state index is -1.16. The van der Waals surface area contributed by atoms with Gasteiger partial charge in [0.2, 0.25) is 11.8 Å². The SMILES string of the molecule is O=C(O)CN(CCN(CC(=O)O)CC(=O)NCCN(Cc1ccccn1)Cc1ccccn1)CCN(CC(=O)O)CC(=O)NCCN(Cc1ccccn1)Cc1ccccn1. The number of nitrogens with zero attached hydrogens (tertiary/aromatic N) is 9. The quantitative estimate of drug-likeness (QED) is 0.0477. The Morgan fingerprint density at radius 2 is 0.689 bits per heavy atom. The van der Waals surface area contributed by atoms with E-state index in [1.54, 1.807) is 24.8 Å². The van der Waals surface area contributed by atoms with Crippen molar-refractivity contribution in [1.82, 2.24) is 55.1 Å². The van der Waals surface area contributed by atoms with Gasteiger partial charge in [0.15, 0.2) is 0 Å². The number of nitrogens with one attached hydrogen (secondary N) is 2. The number of carboxylic acid groups (broad SMARTS) is 3. The zero-order chi connectivity index (χ0) is 43.7. The van der Waals surface area contributed by atoms with Crippen molar-refractivity contribution in [3.8, 4) is 0 Å². The van der Waals surface area contributed by atoms with E-state index >= 15 is 0 Å². The number of aliphatic carboxylic acids is 3. The van der Waals surface area contributed by atoms with Crippen molar-refractivity contribution < 1.29 is 39.3 Å². The van der Waals surface area contributed by atoms with Gasteiger partial charge in [-0.2, -0.15) is 0 Å². The summed E-state index contributed by atoms with van der Waals surface area (Å²) in [6, 6.07) is 22.6. The Labute approximate surface area is 355 Å². The lowest BCUT2D eigenvalue weighted by molar-refractivity contribution is -0.141. The Morgan fingerprint density at radius 1 is 0.393 bits per heavy atom. The highest BCUT2D eigenvalue weighted by atomic mass is 16.4. The number of hydrogen-bond acceptors (Lipinski definition) is 14. The molecule has 0 saturated carbocycles. The Morgan fingerprint density at radius 3 is 0.967 bits per heavy atom. The molecule has 0 fully saturated rings. The van der Waals surface area contributed by atoms with Crippen molar-refractivity contribution in [1.29, 1.82) is 0 Å². The first-order valence-corrected chi connectivity index (χ1v) is 19.9. The fourth-order valence-electron chi connectivity index (χ4n) is 6.37. The largest absolute Gasteiger partial charge is 0.480 e. The highest BCUT2D eigenvalue weighted by molar-refractivity contribution is 5.79. The van der Waals surface area contributed by atoms with Crippen LogP contribution in [-0.2, 0) is 50.2 Å². The normalized spacial score (nSPS) is 11.4. The monoisotopic (exact) mass is 841 g/mol. The lowest BCUT2D eigenvalue weighted by Gasteiger charge is -2.28. The van der Waals surface area contributed by atoms with Gasteiger partial charge in [0, 0.05) is 103 Å². The lowest BCUT2D eigenvalue weighted by Crippen LogP contribution is -2.48. The summed E-state index contributed by atoms with van der Waals surface area (Å²) in [5, 5.41) is 34.5. The molecular formula is C42H55N11O8. The van der Waals surface area contributed by atoms with Crippen LogP contribution in [0.5, 0.6) is 0 Å². The Kier molecular flexibility index (Phi) is 20.8. The van der Waals surface area contributed by atoms with Crippen molar-refractivity contribution in [3.05, 3.63) is 120 Å². The molecule has 2 amide bonds. The van der Waals surface area contributed by atoms with E-state index in [-0.39, 0.29) is 52.4 Å². The number of carboxylic acids is 3. The van der Waals surface area contributed by atoms with E-state index < -0.39 is 49.4 Å². The molecule has 0 bridgehead atoms. The second-order valence-corrected chi connectivity index (χ2v) is 14.3. The topological polar surface area (TPSA) is 238 Å². The number of carbonyl (C=O) groups is 5. The van der Waals surface area contributed by atoms with Crippen molar-refractivity contribution >= 4 is 29.7 Å². The summed E-state index contributed by atoms with van der Waals surface area (Å²) in [5.41, 5.74) is 3.41. The maximum Gasteiger partial charge on any atom is 0.317 e. The summed E-state index contributed by atoms with van der Waals surface area (Å²) < 4.78 is 0. The molecule has 0 aromatic carbocycles. The predicted molar refractivity (Wildman–Crippen MR) is 223 cm³/mol. The van der Waals surface area contributed by atoms with Gasteiger partial charge in [-0.1, -0.05) is 24.3 Å². The third-order valence-corrected chi connectivity index (χ3v) is 9.22. The third kappa shape index (κ3) is 20.5. The molecule has 4 heterocycles. The average molecular weight is 842 g/mol. The van der Waals surface area contributed by atoms with Crippen LogP contribution in [0.1, 0.15) is 22.8 Å². The van der Waals surface area contributed by atoms with Crippen molar-refractivity contribution in [2.45, 2.75) is 26.2 Å². The molecule has 0 aliphatic carbocycles. The molecule has 0 unspecified atom stereocenters. The molecule has 61 heavy (non-hydrogen) atoms. The summed E-state index contributed by atoms with van der Waals surface area (Å²) >= 11 is 0. The zero-order valence-corrected chi connectivity index (χ0v) is 34.2. The summed E-state index contributed by atoms with van der Waals surface area (Å²) in [7, 11) is 0. The van der Waals surface area contributed by atoms with Crippen molar-refractivity contribution in [2.24, 2.45) is 0 Å². The van der Waals surface area contributed by atoms with Gasteiger partial charge in [0.1, 0.15) is 0 Å². The number of carbonyl (C=O) groups excluding carboxylic acids is 2. The Hall–Kier alpha value is -6.25. The predicted octanol–water partition coefficient (Wildman–Crippen LogP) is 0.363. The summed E-state index contributed by atoms with van der Waals surface area (Å²) in [5.74, 6) is -4.28. The molecule has 4 rings (SSSR count). The van der Waals surface area contributed by atoms with Crippen LogP contribution in [0.4, 0.5) is 0 Å². The molecule has 19 nitrogen and oxygen atoms in total. The van der Waals surface area contributed by atoms with E-state index in [0.29, 0.717) is 39.3 Å². The van der Waals surface area contributed by atoms with Gasteiger partial charge in [-0.15, -0.1) is 0 Å². The van der Waals surface area contributed by atoms with E-state index in [1.807, 2.05) is 72.8 Å². The molecule has 4 aromatic rings. The second kappa shape index (κ2) is 26.8. The maximum atomic E-state index is 13.0. The minimum absolute atomic E-state index is 0.0331. The smallest absolute Gasteiger partial charge is 0.317 e. The minimum Gasteiger partial charge on any atom is -0.480 e. The van der Waals surface area contributed by atoms with Gasteiger partial charge >= 0.3 is 17.9 Å². The molecule has 5 N–H and O–H groups in total. The molecule has 0 atom stereocenters. The molecule has 0 spiro atoms.